The van der Waals surface area contributed by atoms with Gasteiger partial charge in [-0.1, -0.05) is 0 Å². The molecule has 1 rings (SSSR count). The number of rotatable bonds is 6. The van der Waals surface area contributed by atoms with E-state index in [0.29, 0.717) is 36.8 Å². The highest BCUT2D eigenvalue weighted by atomic mass is 127. The largest absolute Gasteiger partial charge is 0.356 e. The van der Waals surface area contributed by atoms with Crippen LogP contribution in [0, 0.1) is 11.6 Å². The van der Waals surface area contributed by atoms with Crippen LogP contribution in [0.2, 0.25) is 0 Å². The first kappa shape index (κ1) is 23.2. The average Bonchev–Trinajstić information content (AvgIpc) is 2.47. The van der Waals surface area contributed by atoms with Crippen LogP contribution in [0.1, 0.15) is 26.3 Å². The minimum atomic E-state index is -0.933. The molecule has 0 fully saturated rings. The van der Waals surface area contributed by atoms with Gasteiger partial charge < -0.3 is 10.6 Å². The first-order valence-corrected chi connectivity index (χ1v) is 8.83. The minimum Gasteiger partial charge on any atom is -0.356 e. The van der Waals surface area contributed by atoms with E-state index in [1.165, 1.54) is 6.07 Å². The van der Waals surface area contributed by atoms with E-state index in [1.54, 1.807) is 7.05 Å². The van der Waals surface area contributed by atoms with Crippen molar-refractivity contribution in [1.82, 2.24) is 10.6 Å². The van der Waals surface area contributed by atoms with Gasteiger partial charge in [0.2, 0.25) is 0 Å². The molecule has 0 aliphatic heterocycles. The standard InChI is InChI=1S/C16H25F2N3OS.HI/c1-16(2,3)23(22)10-9-21-15(19-4)20-8-7-12-11-13(17)5-6-14(12)18;/h5-6,11H,7-10H2,1-4H3,(H2,19,20,21);1H. The summed E-state index contributed by atoms with van der Waals surface area (Å²) in [6.45, 7) is 6.75. The molecular weight excluding hydrogens is 447 g/mol. The molecule has 0 aliphatic rings. The van der Waals surface area contributed by atoms with Gasteiger partial charge in [0.05, 0.1) is 0 Å². The smallest absolute Gasteiger partial charge is 0.191 e. The Morgan fingerprint density at radius 3 is 2.42 bits per heavy atom. The summed E-state index contributed by atoms with van der Waals surface area (Å²) in [7, 11) is 0.690. The summed E-state index contributed by atoms with van der Waals surface area (Å²) in [6.07, 6.45) is 0.345. The van der Waals surface area contributed by atoms with Gasteiger partial charge in [-0.25, -0.2) is 8.78 Å². The molecule has 0 radical (unpaired) electrons. The lowest BCUT2D eigenvalue weighted by molar-refractivity contribution is 0.583. The van der Waals surface area contributed by atoms with Crippen LogP contribution in [0.5, 0.6) is 0 Å². The second kappa shape index (κ2) is 11.0. The van der Waals surface area contributed by atoms with Gasteiger partial charge in [0.25, 0.3) is 0 Å². The van der Waals surface area contributed by atoms with Crippen molar-refractivity contribution in [2.45, 2.75) is 31.9 Å². The van der Waals surface area contributed by atoms with Crippen molar-refractivity contribution in [3.05, 3.63) is 35.4 Å². The van der Waals surface area contributed by atoms with Crippen LogP contribution in [0.15, 0.2) is 23.2 Å². The van der Waals surface area contributed by atoms with Crippen molar-refractivity contribution in [2.75, 3.05) is 25.9 Å². The Labute approximate surface area is 162 Å². The van der Waals surface area contributed by atoms with Crippen LogP contribution in [-0.4, -0.2) is 40.8 Å². The SMILES string of the molecule is CN=C(NCCc1cc(F)ccc1F)NCCS(=O)C(C)(C)C.I. The Balaban J connectivity index is 0.00000529. The predicted octanol–water partition coefficient (Wildman–Crippen LogP) is 2.84. The van der Waals surface area contributed by atoms with E-state index in [2.05, 4.69) is 15.6 Å². The number of halogens is 3. The topological polar surface area (TPSA) is 53.5 Å². The quantitative estimate of drug-likeness (QED) is 0.380. The fourth-order valence-electron chi connectivity index (χ4n) is 1.84. The Hall–Kier alpha value is -0.770. The van der Waals surface area contributed by atoms with E-state index in [0.717, 1.165) is 12.1 Å². The maximum Gasteiger partial charge on any atom is 0.191 e. The zero-order chi connectivity index (χ0) is 17.5. The normalized spacial score (nSPS) is 13.2. The molecule has 0 spiro atoms. The highest BCUT2D eigenvalue weighted by Gasteiger charge is 2.18. The maximum atomic E-state index is 13.5. The molecule has 0 saturated heterocycles. The lowest BCUT2D eigenvalue weighted by Crippen LogP contribution is -2.41. The molecule has 0 amide bonds. The zero-order valence-corrected chi connectivity index (χ0v) is 17.6. The van der Waals surface area contributed by atoms with E-state index in [1.807, 2.05) is 20.8 Å². The van der Waals surface area contributed by atoms with Crippen molar-refractivity contribution in [3.63, 3.8) is 0 Å². The third-order valence-electron chi connectivity index (χ3n) is 3.18. The third kappa shape index (κ3) is 8.36. The maximum absolute atomic E-state index is 13.5. The number of guanidine groups is 1. The van der Waals surface area contributed by atoms with E-state index in [-0.39, 0.29) is 28.7 Å². The monoisotopic (exact) mass is 473 g/mol. The lowest BCUT2D eigenvalue weighted by atomic mass is 10.1. The second-order valence-electron chi connectivity index (χ2n) is 6.07. The highest BCUT2D eigenvalue weighted by Crippen LogP contribution is 2.11. The van der Waals surface area contributed by atoms with Crippen LogP contribution < -0.4 is 10.6 Å². The van der Waals surface area contributed by atoms with Gasteiger partial charge >= 0.3 is 0 Å². The summed E-state index contributed by atoms with van der Waals surface area (Å²) in [5, 5.41) is 6.09. The summed E-state index contributed by atoms with van der Waals surface area (Å²) in [6, 6.07) is 3.42. The van der Waals surface area contributed by atoms with E-state index < -0.39 is 22.4 Å². The molecule has 2 N–H and O–H groups in total. The molecule has 4 nitrogen and oxygen atoms in total. The van der Waals surface area contributed by atoms with Crippen molar-refractivity contribution in [1.29, 1.82) is 0 Å². The van der Waals surface area contributed by atoms with E-state index >= 15 is 0 Å². The molecule has 138 valence electrons. The number of hydrogen-bond acceptors (Lipinski definition) is 2. The summed E-state index contributed by atoms with van der Waals surface area (Å²) >= 11 is 0. The number of benzene rings is 1. The fraction of sp³-hybridized carbons (Fsp3) is 0.562. The van der Waals surface area contributed by atoms with Crippen LogP contribution in [0.25, 0.3) is 0 Å². The molecular formula is C16H26F2IN3OS. The van der Waals surface area contributed by atoms with Crippen molar-refractivity contribution in [3.8, 4) is 0 Å². The van der Waals surface area contributed by atoms with Gasteiger partial charge in [-0.05, 0) is 51.0 Å². The first-order valence-electron chi connectivity index (χ1n) is 7.51. The summed E-state index contributed by atoms with van der Waals surface area (Å²) in [5.41, 5.74) is 0.321. The number of hydrogen-bond donors (Lipinski definition) is 2. The van der Waals surface area contributed by atoms with Gasteiger partial charge in [-0.3, -0.25) is 9.20 Å². The molecule has 24 heavy (non-hydrogen) atoms. The third-order valence-corrected chi connectivity index (χ3v) is 5.12. The van der Waals surface area contributed by atoms with E-state index in [9.17, 15) is 13.0 Å². The first-order chi connectivity index (χ1) is 10.7. The highest BCUT2D eigenvalue weighted by molar-refractivity contribution is 14.0. The Morgan fingerprint density at radius 1 is 1.21 bits per heavy atom. The summed E-state index contributed by atoms with van der Waals surface area (Å²) < 4.78 is 38.3. The van der Waals surface area contributed by atoms with Crippen LogP contribution >= 0.6 is 24.0 Å². The predicted molar refractivity (Wildman–Crippen MR) is 108 cm³/mol. The van der Waals surface area contributed by atoms with Gasteiger partial charge in [0.1, 0.15) is 11.6 Å². The van der Waals surface area contributed by atoms with Gasteiger partial charge in [-0.2, -0.15) is 0 Å². The molecule has 1 aromatic rings. The van der Waals surface area contributed by atoms with Crippen molar-refractivity contribution < 1.29 is 13.0 Å². The number of nitrogens with one attached hydrogen (secondary N) is 2. The zero-order valence-electron chi connectivity index (χ0n) is 14.5. The number of nitrogens with zero attached hydrogens (tertiary/aromatic N) is 1. The van der Waals surface area contributed by atoms with Crippen LogP contribution in [-0.2, 0) is 17.2 Å². The van der Waals surface area contributed by atoms with Crippen molar-refractivity contribution >= 4 is 40.7 Å². The summed E-state index contributed by atoms with van der Waals surface area (Å²) in [4.78, 5) is 4.05. The molecule has 0 aromatic heterocycles. The van der Waals surface area contributed by atoms with Crippen LogP contribution in [0.4, 0.5) is 8.78 Å². The van der Waals surface area contributed by atoms with Crippen molar-refractivity contribution in [2.24, 2.45) is 4.99 Å². The Kier molecular flexibility index (Phi) is 10.6. The molecule has 1 unspecified atom stereocenters. The minimum absolute atomic E-state index is 0. The molecule has 0 bridgehead atoms. The van der Waals surface area contributed by atoms with Gasteiger partial charge in [0, 0.05) is 41.4 Å². The number of aliphatic imine (C=N–C) groups is 1. The molecule has 8 heteroatoms. The lowest BCUT2D eigenvalue weighted by Gasteiger charge is -2.18. The van der Waals surface area contributed by atoms with Gasteiger partial charge in [0.15, 0.2) is 5.96 Å². The molecule has 0 saturated carbocycles. The molecule has 1 aromatic carbocycles. The molecule has 1 atom stereocenters. The second-order valence-corrected chi connectivity index (χ2v) is 8.40. The molecule has 0 aliphatic carbocycles. The molecule has 0 heterocycles. The van der Waals surface area contributed by atoms with E-state index in [4.69, 9.17) is 0 Å². The van der Waals surface area contributed by atoms with Crippen LogP contribution in [0.3, 0.4) is 0 Å². The Morgan fingerprint density at radius 2 is 1.83 bits per heavy atom. The Bertz CT molecular complexity index is 577. The van der Waals surface area contributed by atoms with Gasteiger partial charge in [-0.15, -0.1) is 24.0 Å². The average molecular weight is 473 g/mol. The fourth-order valence-corrected chi connectivity index (χ4v) is 2.74. The summed E-state index contributed by atoms with van der Waals surface area (Å²) in [5.74, 6) is 0.195.